The minimum atomic E-state index is -4.38. The molecule has 0 bridgehead atoms. The lowest BCUT2D eigenvalue weighted by molar-refractivity contribution is -0.870. The molecule has 0 saturated heterocycles. The molecule has 8 nitrogen and oxygen atoms in total. The molecule has 0 fully saturated rings. The molecule has 64 heavy (non-hydrogen) atoms. The molecule has 0 aliphatic heterocycles. The number of carbonyl (C=O) groups is 1. The first-order valence-corrected chi connectivity index (χ1v) is 26.8. The molecule has 0 aromatic heterocycles. The fraction of sp³-hybridized carbons (Fsp3) is 0.655. The van der Waals surface area contributed by atoms with Crippen molar-refractivity contribution in [2.45, 2.75) is 193 Å². The van der Waals surface area contributed by atoms with Crippen LogP contribution in [-0.4, -0.2) is 73.4 Å². The van der Waals surface area contributed by atoms with Crippen molar-refractivity contribution in [3.8, 4) is 0 Å². The SMILES string of the molecule is CC/C=C\C/C=C\C/C=C\C/C=C\C/C=C\C/C=C\CCCCC(=O)NC(COP(=O)(O)OCC[N+](C)(C)C)C(O)/C=C/CC/C=C/CC/C=C/CCCCCCCCCCCCC. The number of unbranched alkanes of at least 4 members (excludes halogenated alkanes) is 15. The Morgan fingerprint density at radius 2 is 0.953 bits per heavy atom. The second-order valence-corrected chi connectivity index (χ2v) is 19.2. The molecule has 0 heterocycles. The Balaban J connectivity index is 4.53. The van der Waals surface area contributed by atoms with E-state index in [0.29, 0.717) is 17.4 Å². The van der Waals surface area contributed by atoms with Gasteiger partial charge in [0.1, 0.15) is 13.2 Å². The van der Waals surface area contributed by atoms with Crippen molar-refractivity contribution >= 4 is 13.7 Å². The van der Waals surface area contributed by atoms with Gasteiger partial charge in [-0.3, -0.25) is 13.8 Å². The maximum absolute atomic E-state index is 12.9. The number of amides is 1. The predicted molar refractivity (Wildman–Crippen MR) is 276 cm³/mol. The van der Waals surface area contributed by atoms with Crippen LogP contribution in [0.4, 0.5) is 0 Å². The molecule has 0 aromatic rings. The first-order chi connectivity index (χ1) is 31.0. The van der Waals surface area contributed by atoms with E-state index in [1.54, 1.807) is 6.08 Å². The van der Waals surface area contributed by atoms with Gasteiger partial charge in [0, 0.05) is 6.42 Å². The lowest BCUT2D eigenvalue weighted by atomic mass is 10.1. The summed E-state index contributed by atoms with van der Waals surface area (Å²) in [5.74, 6) is -0.238. The number of aliphatic hydroxyl groups is 1. The van der Waals surface area contributed by atoms with E-state index in [1.165, 1.54) is 77.0 Å². The largest absolute Gasteiger partial charge is 0.472 e. The Morgan fingerprint density at radius 1 is 0.547 bits per heavy atom. The highest BCUT2D eigenvalue weighted by molar-refractivity contribution is 7.47. The van der Waals surface area contributed by atoms with Gasteiger partial charge in [-0.1, -0.05) is 187 Å². The van der Waals surface area contributed by atoms with E-state index in [1.807, 2.05) is 27.2 Å². The Bertz CT molecular complexity index is 1400. The Kier molecular flexibility index (Phi) is 43.3. The number of phosphoric ester groups is 1. The molecule has 3 atom stereocenters. The van der Waals surface area contributed by atoms with Crippen LogP contribution in [0, 0.1) is 0 Å². The summed E-state index contributed by atoms with van der Waals surface area (Å²) in [4.78, 5) is 23.2. The van der Waals surface area contributed by atoms with Gasteiger partial charge in [0.2, 0.25) is 5.91 Å². The molecule has 0 radical (unpaired) electrons. The summed E-state index contributed by atoms with van der Waals surface area (Å²) in [5.41, 5.74) is 0. The van der Waals surface area contributed by atoms with Crippen LogP contribution in [-0.2, 0) is 18.4 Å². The number of aliphatic hydroxyl groups excluding tert-OH is 1. The summed E-state index contributed by atoms with van der Waals surface area (Å²) in [6.45, 7) is 4.62. The van der Waals surface area contributed by atoms with Gasteiger partial charge < -0.3 is 19.8 Å². The standard InChI is InChI=1S/C55H95N2O6P/c1-6-8-10-12-14-16-18-20-22-24-26-28-30-32-34-36-38-40-42-44-46-48-54(58)53(52-63-64(60,61)62-51-50-57(3,4)5)56-55(59)49-47-45-43-41-39-37-35-33-31-29-27-25-23-21-19-17-15-13-11-9-7-2/h9,11,15,17,21,23,27,29-30,32-33,35,38-41,46,48,53-54,58H,6-8,10,12-14,16,18-20,22,24-26,28,31,34,36-37,42-45,47,49-52H2,1-5H3,(H-,56,59,60,61)/p+1/b11-9-,17-15-,23-21-,29-27-,32-30+,35-33-,40-38+,41-39-,48-46+. The summed E-state index contributed by atoms with van der Waals surface area (Å²) in [7, 11) is 1.50. The summed E-state index contributed by atoms with van der Waals surface area (Å²) >= 11 is 0. The zero-order chi connectivity index (χ0) is 47.1. The lowest BCUT2D eigenvalue weighted by Gasteiger charge is -2.25. The number of nitrogens with one attached hydrogen (secondary N) is 1. The normalized spacial score (nSPS) is 15.0. The molecule has 0 aromatic carbocycles. The first-order valence-electron chi connectivity index (χ1n) is 25.3. The van der Waals surface area contributed by atoms with Gasteiger partial charge in [-0.15, -0.1) is 0 Å². The Hall–Kier alpha value is -2.84. The average Bonchev–Trinajstić information content (AvgIpc) is 3.25. The van der Waals surface area contributed by atoms with Crippen LogP contribution < -0.4 is 5.32 Å². The molecule has 1 amide bonds. The van der Waals surface area contributed by atoms with Crippen molar-refractivity contribution < 1.29 is 32.9 Å². The van der Waals surface area contributed by atoms with E-state index < -0.39 is 20.0 Å². The quantitative estimate of drug-likeness (QED) is 0.0243. The summed E-state index contributed by atoms with van der Waals surface area (Å²) in [6, 6.07) is -0.901. The number of likely N-dealkylation sites (N-methyl/N-ethyl adjacent to an activating group) is 1. The summed E-state index contributed by atoms with van der Waals surface area (Å²) in [5, 5.41) is 13.8. The zero-order valence-electron chi connectivity index (χ0n) is 41.5. The number of carbonyl (C=O) groups excluding carboxylic acids is 1. The third-order valence-electron chi connectivity index (χ3n) is 10.5. The molecule has 366 valence electrons. The molecular formula is C55H96N2O6P+. The lowest BCUT2D eigenvalue weighted by Crippen LogP contribution is -2.45. The smallest absolute Gasteiger partial charge is 0.387 e. The van der Waals surface area contributed by atoms with Gasteiger partial charge in [0.15, 0.2) is 0 Å². The van der Waals surface area contributed by atoms with Crippen molar-refractivity contribution in [3.05, 3.63) is 109 Å². The van der Waals surface area contributed by atoms with Crippen molar-refractivity contribution in [3.63, 3.8) is 0 Å². The van der Waals surface area contributed by atoms with Crippen LogP contribution in [0.2, 0.25) is 0 Å². The number of quaternary nitrogens is 1. The number of nitrogens with zero attached hydrogens (tertiary/aromatic N) is 1. The van der Waals surface area contributed by atoms with E-state index in [9.17, 15) is 19.4 Å². The Morgan fingerprint density at radius 3 is 1.44 bits per heavy atom. The highest BCUT2D eigenvalue weighted by Gasteiger charge is 2.27. The van der Waals surface area contributed by atoms with E-state index in [4.69, 9.17) is 9.05 Å². The van der Waals surface area contributed by atoms with Gasteiger partial charge in [0.05, 0.1) is 39.9 Å². The van der Waals surface area contributed by atoms with E-state index in [-0.39, 0.29) is 25.5 Å². The third kappa shape index (κ3) is 47.1. The van der Waals surface area contributed by atoms with Crippen molar-refractivity contribution in [1.29, 1.82) is 0 Å². The van der Waals surface area contributed by atoms with Crippen molar-refractivity contribution in [2.75, 3.05) is 40.9 Å². The summed E-state index contributed by atoms with van der Waals surface area (Å²) in [6.07, 6.45) is 66.1. The predicted octanol–water partition coefficient (Wildman–Crippen LogP) is 14.9. The minimum absolute atomic E-state index is 0.0385. The fourth-order valence-corrected chi connectivity index (χ4v) is 7.22. The molecular weight excluding hydrogens is 816 g/mol. The number of hydrogen-bond acceptors (Lipinski definition) is 5. The van der Waals surface area contributed by atoms with Gasteiger partial charge in [-0.05, 0) is 96.3 Å². The van der Waals surface area contributed by atoms with Crippen LogP contribution in [0.5, 0.6) is 0 Å². The molecule has 3 unspecified atom stereocenters. The van der Waals surface area contributed by atoms with Crippen LogP contribution in [0.1, 0.15) is 181 Å². The zero-order valence-corrected chi connectivity index (χ0v) is 42.4. The maximum Gasteiger partial charge on any atom is 0.472 e. The average molecular weight is 912 g/mol. The minimum Gasteiger partial charge on any atom is -0.387 e. The van der Waals surface area contributed by atoms with E-state index in [0.717, 1.165) is 77.0 Å². The molecule has 0 spiro atoms. The Labute approximate surface area is 393 Å². The second kappa shape index (κ2) is 45.3. The van der Waals surface area contributed by atoms with E-state index >= 15 is 0 Å². The fourth-order valence-electron chi connectivity index (χ4n) is 6.49. The number of phosphoric acid groups is 1. The maximum atomic E-state index is 12.9. The van der Waals surface area contributed by atoms with Gasteiger partial charge in [-0.25, -0.2) is 4.57 Å². The topological polar surface area (TPSA) is 105 Å². The van der Waals surface area contributed by atoms with Crippen LogP contribution in [0.3, 0.4) is 0 Å². The third-order valence-corrected chi connectivity index (χ3v) is 11.4. The number of rotatable bonds is 44. The summed E-state index contributed by atoms with van der Waals surface area (Å²) < 4.78 is 23.6. The van der Waals surface area contributed by atoms with Gasteiger partial charge in [-0.2, -0.15) is 0 Å². The van der Waals surface area contributed by atoms with Gasteiger partial charge in [0.25, 0.3) is 0 Å². The highest BCUT2D eigenvalue weighted by Crippen LogP contribution is 2.43. The molecule has 9 heteroatoms. The van der Waals surface area contributed by atoms with Crippen LogP contribution in [0.15, 0.2) is 109 Å². The molecule has 0 aliphatic rings. The monoisotopic (exact) mass is 912 g/mol. The highest BCUT2D eigenvalue weighted by atomic mass is 31.2. The van der Waals surface area contributed by atoms with Crippen LogP contribution >= 0.6 is 7.82 Å². The van der Waals surface area contributed by atoms with Crippen molar-refractivity contribution in [1.82, 2.24) is 5.32 Å². The molecule has 0 aliphatic carbocycles. The first kappa shape index (κ1) is 61.2. The van der Waals surface area contributed by atoms with E-state index in [2.05, 4.69) is 116 Å². The number of hydrogen-bond donors (Lipinski definition) is 3. The second-order valence-electron chi connectivity index (χ2n) is 17.8. The van der Waals surface area contributed by atoms with Gasteiger partial charge >= 0.3 is 7.82 Å². The molecule has 3 N–H and O–H groups in total. The van der Waals surface area contributed by atoms with Crippen molar-refractivity contribution in [2.24, 2.45) is 0 Å². The van der Waals surface area contributed by atoms with Crippen LogP contribution in [0.25, 0.3) is 0 Å². The molecule has 0 rings (SSSR count). The molecule has 0 saturated carbocycles. The number of allylic oxidation sites excluding steroid dienone is 17.